The molecule has 1 heterocycles. The Labute approximate surface area is 95.1 Å². The molecule has 1 aromatic carbocycles. The van der Waals surface area contributed by atoms with E-state index in [0.717, 1.165) is 11.0 Å². The predicted octanol–water partition coefficient (Wildman–Crippen LogP) is 2.43. The van der Waals surface area contributed by atoms with Gasteiger partial charge in [-0.15, -0.1) is 0 Å². The second-order valence-corrected chi connectivity index (χ2v) is 4.09. The molecule has 1 aromatic rings. The van der Waals surface area contributed by atoms with Crippen molar-refractivity contribution in [3.05, 3.63) is 17.7 Å². The van der Waals surface area contributed by atoms with Crippen molar-refractivity contribution in [2.75, 3.05) is 18.5 Å². The smallest absolute Gasteiger partial charge is 0.339 e. The molecule has 0 radical (unpaired) electrons. The van der Waals surface area contributed by atoms with Crippen LogP contribution in [-0.4, -0.2) is 24.2 Å². The lowest BCUT2D eigenvalue weighted by Crippen LogP contribution is -2.20. The molecule has 0 atom stereocenters. The zero-order valence-corrected chi connectivity index (χ0v) is 9.19. The third kappa shape index (κ3) is 1.98. The highest BCUT2D eigenvalue weighted by Gasteiger charge is 2.20. The molecule has 0 unspecified atom stereocenters. The summed E-state index contributed by atoms with van der Waals surface area (Å²) in [7, 11) is 6.59. The fraction of sp³-hybridized carbons (Fsp3) is 0.222. The minimum Gasteiger partial charge on any atom is -0.489 e. The Morgan fingerprint density at radius 2 is 2.40 bits per heavy atom. The van der Waals surface area contributed by atoms with Crippen LogP contribution in [0.15, 0.2) is 17.0 Å². The quantitative estimate of drug-likeness (QED) is 0.838. The minimum absolute atomic E-state index is 0.142. The first-order chi connectivity index (χ1) is 7.22. The number of benzene rings is 1. The lowest BCUT2D eigenvalue weighted by molar-refractivity contribution is 0.0692. The van der Waals surface area contributed by atoms with Crippen LogP contribution in [0.25, 0.3) is 0 Å². The molecule has 0 saturated heterocycles. The normalized spacial score (nSPS) is 13.7. The highest BCUT2D eigenvalue weighted by atomic mass is 35.7. The Morgan fingerprint density at radius 3 is 3.07 bits per heavy atom. The number of hydrogen-bond acceptors (Lipinski definition) is 4. The Morgan fingerprint density at radius 1 is 1.60 bits per heavy atom. The average Bonchev–Trinajstić information content (AvgIpc) is 2.27. The van der Waals surface area contributed by atoms with Gasteiger partial charge in [-0.1, -0.05) is 0 Å². The number of halogens is 1. The Kier molecular flexibility index (Phi) is 2.93. The number of carboxylic acid groups (broad SMARTS) is 1. The largest absolute Gasteiger partial charge is 0.489 e. The van der Waals surface area contributed by atoms with E-state index < -0.39 is 5.97 Å². The predicted molar refractivity (Wildman–Crippen MR) is 59.1 cm³/mol. The van der Waals surface area contributed by atoms with Gasteiger partial charge in [-0.3, -0.25) is 0 Å². The summed E-state index contributed by atoms with van der Waals surface area (Å²) in [5.41, 5.74) is 0.826. The molecule has 2 rings (SSSR count). The summed E-state index contributed by atoms with van der Waals surface area (Å²) in [5.74, 6) is -0.620. The number of fused-ring (bicyclic) bond motifs is 1. The van der Waals surface area contributed by atoms with Crippen molar-refractivity contribution in [3.8, 4) is 5.75 Å². The number of aromatic carboxylic acids is 1. The van der Waals surface area contributed by atoms with Gasteiger partial charge >= 0.3 is 5.97 Å². The monoisotopic (exact) mass is 245 g/mol. The summed E-state index contributed by atoms with van der Waals surface area (Å²) in [6.45, 7) is 1.14. The zero-order valence-electron chi connectivity index (χ0n) is 7.62. The third-order valence-corrected chi connectivity index (χ3v) is 2.99. The van der Waals surface area contributed by atoms with Gasteiger partial charge in [-0.25, -0.2) is 4.79 Å². The maximum Gasteiger partial charge on any atom is 0.339 e. The Hall–Kier alpha value is -1.07. The van der Waals surface area contributed by atoms with E-state index in [4.69, 9.17) is 20.5 Å². The molecular formula is C9H8ClNO3S. The van der Waals surface area contributed by atoms with E-state index in [0.29, 0.717) is 29.5 Å². The highest BCUT2D eigenvalue weighted by molar-refractivity contribution is 8.21. The summed E-state index contributed by atoms with van der Waals surface area (Å²) in [4.78, 5) is 11.7. The molecule has 0 bridgehead atoms. The third-order valence-electron chi connectivity index (χ3n) is 2.05. The molecule has 2 N–H and O–H groups in total. The standard InChI is InChI=1S/C9H8ClNO3S/c10-15-5-3-6(9(12)13)8-7(4-5)11-1-2-14-8/h3-4,11H,1-2H2,(H,12,13). The van der Waals surface area contributed by atoms with Gasteiger partial charge in [0.05, 0.1) is 5.69 Å². The van der Waals surface area contributed by atoms with Gasteiger partial charge in [0.2, 0.25) is 0 Å². The molecule has 0 amide bonds. The van der Waals surface area contributed by atoms with Gasteiger partial charge in [-0.2, -0.15) is 0 Å². The molecule has 0 aliphatic carbocycles. The zero-order chi connectivity index (χ0) is 10.8. The molecule has 4 nitrogen and oxygen atoms in total. The van der Waals surface area contributed by atoms with Gasteiger partial charge in [-0.05, 0) is 33.8 Å². The average molecular weight is 246 g/mol. The molecule has 0 aromatic heterocycles. The van der Waals surface area contributed by atoms with Crippen LogP contribution in [0.2, 0.25) is 0 Å². The van der Waals surface area contributed by atoms with Crippen molar-refractivity contribution in [1.82, 2.24) is 0 Å². The van der Waals surface area contributed by atoms with Crippen LogP contribution in [0.5, 0.6) is 5.75 Å². The fourth-order valence-electron chi connectivity index (χ4n) is 1.43. The number of hydrogen-bond donors (Lipinski definition) is 2. The molecule has 1 aliphatic rings. The molecule has 0 fully saturated rings. The summed E-state index contributed by atoms with van der Waals surface area (Å²) in [6.07, 6.45) is 0. The molecule has 80 valence electrons. The van der Waals surface area contributed by atoms with E-state index >= 15 is 0 Å². The molecule has 0 spiro atoms. The van der Waals surface area contributed by atoms with E-state index in [2.05, 4.69) is 5.32 Å². The molecule has 1 aliphatic heterocycles. The van der Waals surface area contributed by atoms with Gasteiger partial charge < -0.3 is 15.2 Å². The topological polar surface area (TPSA) is 58.6 Å². The van der Waals surface area contributed by atoms with Crippen LogP contribution in [0.1, 0.15) is 10.4 Å². The summed E-state index contributed by atoms with van der Waals surface area (Å²) in [6, 6.07) is 3.28. The Bertz CT molecular complexity index is 411. The van der Waals surface area contributed by atoms with Crippen molar-refractivity contribution in [2.24, 2.45) is 0 Å². The van der Waals surface area contributed by atoms with Crippen molar-refractivity contribution < 1.29 is 14.6 Å². The van der Waals surface area contributed by atoms with Crippen LogP contribution in [0.4, 0.5) is 5.69 Å². The van der Waals surface area contributed by atoms with E-state index in [-0.39, 0.29) is 5.56 Å². The maximum absolute atomic E-state index is 11.0. The van der Waals surface area contributed by atoms with Crippen molar-refractivity contribution in [2.45, 2.75) is 4.90 Å². The lowest BCUT2D eigenvalue weighted by Gasteiger charge is -2.21. The van der Waals surface area contributed by atoms with Crippen molar-refractivity contribution in [1.29, 1.82) is 0 Å². The molecule has 0 saturated carbocycles. The van der Waals surface area contributed by atoms with E-state index in [1.807, 2.05) is 0 Å². The molecule has 6 heteroatoms. The Balaban J connectivity index is 2.55. The van der Waals surface area contributed by atoms with E-state index in [1.165, 1.54) is 6.07 Å². The second kappa shape index (κ2) is 4.20. The van der Waals surface area contributed by atoms with Gasteiger partial charge in [0.1, 0.15) is 12.2 Å². The minimum atomic E-state index is -1.01. The first-order valence-electron chi connectivity index (χ1n) is 4.29. The SMILES string of the molecule is O=C(O)c1cc(SCl)cc2c1OCCN2. The fourth-order valence-corrected chi connectivity index (χ4v) is 2.02. The number of carbonyl (C=O) groups is 1. The summed E-state index contributed by atoms with van der Waals surface area (Å²) < 4.78 is 5.32. The highest BCUT2D eigenvalue weighted by Crippen LogP contribution is 2.37. The summed E-state index contributed by atoms with van der Waals surface area (Å²) >= 11 is 0. The number of nitrogens with one attached hydrogen (secondary N) is 1. The number of anilines is 1. The molecule has 15 heavy (non-hydrogen) atoms. The maximum atomic E-state index is 11.0. The van der Waals surface area contributed by atoms with Gasteiger partial charge in [0.15, 0.2) is 5.75 Å². The first kappa shape index (κ1) is 10.4. The van der Waals surface area contributed by atoms with E-state index in [9.17, 15) is 4.79 Å². The van der Waals surface area contributed by atoms with Crippen LogP contribution < -0.4 is 10.1 Å². The second-order valence-electron chi connectivity index (χ2n) is 3.01. The van der Waals surface area contributed by atoms with Crippen LogP contribution in [0, 0.1) is 0 Å². The van der Waals surface area contributed by atoms with Crippen LogP contribution >= 0.6 is 21.7 Å². The molecular weight excluding hydrogens is 238 g/mol. The van der Waals surface area contributed by atoms with E-state index in [1.54, 1.807) is 6.07 Å². The lowest BCUT2D eigenvalue weighted by atomic mass is 10.1. The van der Waals surface area contributed by atoms with Crippen LogP contribution in [-0.2, 0) is 0 Å². The summed E-state index contributed by atoms with van der Waals surface area (Å²) in [5, 5.41) is 12.1. The number of carboxylic acids is 1. The number of rotatable bonds is 2. The number of ether oxygens (including phenoxy) is 1. The van der Waals surface area contributed by atoms with Crippen LogP contribution in [0.3, 0.4) is 0 Å². The van der Waals surface area contributed by atoms with Gasteiger partial charge in [0.25, 0.3) is 0 Å². The van der Waals surface area contributed by atoms with Crippen molar-refractivity contribution in [3.63, 3.8) is 0 Å². The van der Waals surface area contributed by atoms with Gasteiger partial charge in [0, 0.05) is 11.4 Å². The van der Waals surface area contributed by atoms with Crippen molar-refractivity contribution >= 4 is 33.3 Å². The first-order valence-corrected chi connectivity index (χ1v) is 5.93.